The van der Waals surface area contributed by atoms with Crippen molar-refractivity contribution in [2.24, 2.45) is 0 Å². The third-order valence-corrected chi connectivity index (χ3v) is 4.64. The maximum Gasteiger partial charge on any atom is 0.416 e. The van der Waals surface area contributed by atoms with Gasteiger partial charge in [-0.1, -0.05) is 24.3 Å². The van der Waals surface area contributed by atoms with Gasteiger partial charge >= 0.3 is 6.18 Å². The highest BCUT2D eigenvalue weighted by Gasteiger charge is 2.30. The van der Waals surface area contributed by atoms with Crippen LogP contribution in [0.5, 0.6) is 0 Å². The SMILES string of the molecule is Cl.FC(F)(F)c1ccc(-c2cccc3[nH]c4c(c23)CCNCC4)cc1. The van der Waals surface area contributed by atoms with E-state index in [1.807, 2.05) is 18.2 Å². The predicted octanol–water partition coefficient (Wildman–Crippen LogP) is 4.96. The molecular weight excluding hydrogens is 349 g/mol. The number of alkyl halides is 3. The summed E-state index contributed by atoms with van der Waals surface area (Å²) in [6.45, 7) is 1.86. The van der Waals surface area contributed by atoms with Crippen molar-refractivity contribution in [1.82, 2.24) is 10.3 Å². The summed E-state index contributed by atoms with van der Waals surface area (Å²) >= 11 is 0. The van der Waals surface area contributed by atoms with Gasteiger partial charge in [0.25, 0.3) is 0 Å². The molecule has 4 rings (SSSR count). The first-order chi connectivity index (χ1) is 11.5. The number of halogens is 4. The molecule has 3 aromatic rings. The molecule has 0 atom stereocenters. The summed E-state index contributed by atoms with van der Waals surface area (Å²) in [4.78, 5) is 3.48. The molecule has 0 saturated carbocycles. The van der Waals surface area contributed by atoms with E-state index in [9.17, 15) is 13.2 Å². The van der Waals surface area contributed by atoms with Crippen molar-refractivity contribution in [2.45, 2.75) is 19.0 Å². The first kappa shape index (κ1) is 17.8. The van der Waals surface area contributed by atoms with E-state index in [1.165, 1.54) is 11.3 Å². The van der Waals surface area contributed by atoms with Gasteiger partial charge in [-0.2, -0.15) is 13.2 Å². The van der Waals surface area contributed by atoms with Gasteiger partial charge in [-0.25, -0.2) is 0 Å². The van der Waals surface area contributed by atoms with E-state index in [4.69, 9.17) is 0 Å². The van der Waals surface area contributed by atoms with Crippen LogP contribution in [0.15, 0.2) is 42.5 Å². The second-order valence-corrected chi connectivity index (χ2v) is 6.14. The largest absolute Gasteiger partial charge is 0.416 e. The molecular formula is C19H18ClF3N2. The van der Waals surface area contributed by atoms with Crippen molar-refractivity contribution in [1.29, 1.82) is 0 Å². The van der Waals surface area contributed by atoms with Crippen LogP contribution in [0.2, 0.25) is 0 Å². The Morgan fingerprint density at radius 1 is 0.880 bits per heavy atom. The van der Waals surface area contributed by atoms with E-state index >= 15 is 0 Å². The zero-order valence-corrected chi connectivity index (χ0v) is 14.2. The van der Waals surface area contributed by atoms with Crippen molar-refractivity contribution in [3.8, 4) is 11.1 Å². The number of hydrogen-bond acceptors (Lipinski definition) is 1. The summed E-state index contributed by atoms with van der Waals surface area (Å²) in [6, 6.07) is 11.4. The minimum Gasteiger partial charge on any atom is -0.358 e. The molecule has 0 saturated heterocycles. The molecule has 25 heavy (non-hydrogen) atoms. The van der Waals surface area contributed by atoms with Gasteiger partial charge < -0.3 is 10.3 Å². The van der Waals surface area contributed by atoms with Crippen LogP contribution in [-0.2, 0) is 19.0 Å². The smallest absolute Gasteiger partial charge is 0.358 e. The molecule has 0 aliphatic carbocycles. The number of fused-ring (bicyclic) bond motifs is 3. The van der Waals surface area contributed by atoms with Gasteiger partial charge in [-0.05, 0) is 47.9 Å². The quantitative estimate of drug-likeness (QED) is 0.625. The number of benzene rings is 2. The third kappa shape index (κ3) is 3.26. The van der Waals surface area contributed by atoms with Crippen LogP contribution >= 0.6 is 12.4 Å². The first-order valence-electron chi connectivity index (χ1n) is 8.05. The van der Waals surface area contributed by atoms with Crippen molar-refractivity contribution in [3.05, 3.63) is 59.3 Å². The fraction of sp³-hybridized carbons (Fsp3) is 0.263. The lowest BCUT2D eigenvalue weighted by Crippen LogP contribution is -2.16. The zero-order valence-electron chi connectivity index (χ0n) is 13.4. The Kier molecular flexibility index (Phi) is 4.80. The summed E-state index contributed by atoms with van der Waals surface area (Å²) in [5.41, 5.74) is 4.75. The number of aromatic amines is 1. The predicted molar refractivity (Wildman–Crippen MR) is 96.3 cm³/mol. The van der Waals surface area contributed by atoms with E-state index in [0.717, 1.165) is 60.1 Å². The molecule has 0 radical (unpaired) electrons. The highest BCUT2D eigenvalue weighted by atomic mass is 35.5. The van der Waals surface area contributed by atoms with Crippen LogP contribution < -0.4 is 5.32 Å². The van der Waals surface area contributed by atoms with Gasteiger partial charge in [-0.15, -0.1) is 12.4 Å². The molecule has 1 aromatic heterocycles. The molecule has 2 N–H and O–H groups in total. The van der Waals surface area contributed by atoms with Gasteiger partial charge in [0.2, 0.25) is 0 Å². The van der Waals surface area contributed by atoms with Crippen molar-refractivity contribution < 1.29 is 13.2 Å². The fourth-order valence-corrected chi connectivity index (χ4v) is 3.49. The van der Waals surface area contributed by atoms with Gasteiger partial charge in [0.05, 0.1) is 5.56 Å². The van der Waals surface area contributed by atoms with Crippen LogP contribution in [0.4, 0.5) is 13.2 Å². The monoisotopic (exact) mass is 366 g/mol. The Morgan fingerprint density at radius 3 is 2.32 bits per heavy atom. The lowest BCUT2D eigenvalue weighted by atomic mass is 9.96. The first-order valence-corrected chi connectivity index (χ1v) is 8.05. The minimum absolute atomic E-state index is 0. The molecule has 0 bridgehead atoms. The van der Waals surface area contributed by atoms with Crippen LogP contribution in [0.3, 0.4) is 0 Å². The second-order valence-electron chi connectivity index (χ2n) is 6.14. The third-order valence-electron chi connectivity index (χ3n) is 4.64. The van der Waals surface area contributed by atoms with Crippen molar-refractivity contribution >= 4 is 23.3 Å². The average molecular weight is 367 g/mol. The molecule has 2 heterocycles. The van der Waals surface area contributed by atoms with Crippen molar-refractivity contribution in [2.75, 3.05) is 13.1 Å². The molecule has 1 aliphatic heterocycles. The Morgan fingerprint density at radius 2 is 1.60 bits per heavy atom. The normalized spacial score (nSPS) is 14.7. The summed E-state index contributed by atoms with van der Waals surface area (Å²) in [6.07, 6.45) is -2.44. The molecule has 0 amide bonds. The number of nitrogens with one attached hydrogen (secondary N) is 2. The van der Waals surface area contributed by atoms with E-state index < -0.39 is 11.7 Å². The average Bonchev–Trinajstić information content (AvgIpc) is 2.76. The van der Waals surface area contributed by atoms with Gasteiger partial charge in [0.1, 0.15) is 0 Å². The maximum absolute atomic E-state index is 12.8. The minimum atomic E-state index is -4.30. The number of aromatic nitrogens is 1. The molecule has 2 aromatic carbocycles. The van der Waals surface area contributed by atoms with Crippen LogP contribution in [-0.4, -0.2) is 18.1 Å². The van der Waals surface area contributed by atoms with Gasteiger partial charge in [0, 0.05) is 29.6 Å². The van der Waals surface area contributed by atoms with Crippen LogP contribution in [0.1, 0.15) is 16.8 Å². The van der Waals surface area contributed by atoms with Gasteiger partial charge in [0.15, 0.2) is 0 Å². The summed E-state index contributed by atoms with van der Waals surface area (Å²) in [5.74, 6) is 0. The number of H-pyrrole nitrogens is 1. The van der Waals surface area contributed by atoms with Gasteiger partial charge in [-0.3, -0.25) is 0 Å². The number of rotatable bonds is 1. The standard InChI is InChI=1S/C19H17F3N2.ClH/c20-19(21,22)13-6-4-12(5-7-13)14-2-1-3-17-18(14)15-8-10-23-11-9-16(15)24-17;/h1-7,23-24H,8-11H2;1H. The lowest BCUT2D eigenvalue weighted by Gasteiger charge is -2.10. The Hall–Kier alpha value is -1.98. The Bertz CT molecular complexity index is 882. The molecule has 6 heteroatoms. The van der Waals surface area contributed by atoms with E-state index in [1.54, 1.807) is 12.1 Å². The zero-order chi connectivity index (χ0) is 16.7. The molecule has 0 spiro atoms. The Labute approximate surface area is 149 Å². The summed E-state index contributed by atoms with van der Waals surface area (Å²) in [5, 5.41) is 4.52. The summed E-state index contributed by atoms with van der Waals surface area (Å²) in [7, 11) is 0. The molecule has 1 aliphatic rings. The van der Waals surface area contributed by atoms with E-state index in [0.29, 0.717) is 0 Å². The second kappa shape index (κ2) is 6.73. The molecule has 0 fully saturated rings. The van der Waals surface area contributed by atoms with Crippen LogP contribution in [0.25, 0.3) is 22.0 Å². The van der Waals surface area contributed by atoms with E-state index in [-0.39, 0.29) is 12.4 Å². The molecule has 0 unspecified atom stereocenters. The molecule has 132 valence electrons. The lowest BCUT2D eigenvalue weighted by molar-refractivity contribution is -0.137. The molecule has 2 nitrogen and oxygen atoms in total. The Balaban J connectivity index is 0.00000182. The van der Waals surface area contributed by atoms with Crippen molar-refractivity contribution in [3.63, 3.8) is 0 Å². The highest BCUT2D eigenvalue weighted by Crippen LogP contribution is 2.36. The number of hydrogen-bond donors (Lipinski definition) is 2. The highest BCUT2D eigenvalue weighted by molar-refractivity contribution is 5.98. The fourth-order valence-electron chi connectivity index (χ4n) is 3.49. The summed E-state index contributed by atoms with van der Waals surface area (Å²) < 4.78 is 38.4. The van der Waals surface area contributed by atoms with Crippen LogP contribution in [0, 0.1) is 0 Å². The maximum atomic E-state index is 12.8. The van der Waals surface area contributed by atoms with E-state index in [2.05, 4.69) is 10.3 Å². The topological polar surface area (TPSA) is 27.8 Å².